The van der Waals surface area contributed by atoms with Gasteiger partial charge in [0.15, 0.2) is 5.82 Å². The summed E-state index contributed by atoms with van der Waals surface area (Å²) in [6.07, 6.45) is 2.01. The van der Waals surface area contributed by atoms with E-state index < -0.39 is 23.7 Å². The minimum atomic E-state index is -1.04. The predicted octanol–water partition coefficient (Wildman–Crippen LogP) is 4.88. The number of aromatic nitrogens is 2. The highest BCUT2D eigenvalue weighted by atomic mass is 35.5. The summed E-state index contributed by atoms with van der Waals surface area (Å²) in [7, 11) is 0. The molecule has 1 N–H and O–H groups in total. The number of benzene rings is 1. The molecule has 3 aromatic rings. The van der Waals surface area contributed by atoms with Crippen LogP contribution in [0, 0.1) is 11.6 Å². The van der Waals surface area contributed by atoms with Crippen molar-refractivity contribution in [3.05, 3.63) is 71.1 Å². The summed E-state index contributed by atoms with van der Waals surface area (Å²) in [5.74, 6) is -1.61. The van der Waals surface area contributed by atoms with Crippen LogP contribution in [0.5, 0.6) is 0 Å². The number of anilines is 2. The molecule has 1 saturated heterocycles. The standard InChI is InChI=1S/C21H16ClF3N4O/c22-12-1-4-18(27-10-12)21(30)28-19-15(16-9-13(23)2-3-17(16)25)5-7-26-20(19)29-8-6-14(24)11-29/h1-5,7,9-10,14H,6,8,11H2,(H,28,30). The lowest BCUT2D eigenvalue weighted by atomic mass is 10.0. The van der Waals surface area contributed by atoms with Gasteiger partial charge in [0.2, 0.25) is 0 Å². The van der Waals surface area contributed by atoms with Crippen LogP contribution in [-0.4, -0.2) is 35.1 Å². The van der Waals surface area contributed by atoms with Crippen molar-refractivity contribution in [2.75, 3.05) is 23.3 Å². The van der Waals surface area contributed by atoms with Crippen LogP contribution in [0.3, 0.4) is 0 Å². The normalized spacial score (nSPS) is 16.0. The smallest absolute Gasteiger partial charge is 0.274 e. The Morgan fingerprint density at radius 2 is 1.97 bits per heavy atom. The molecule has 4 rings (SSSR count). The maximum atomic E-state index is 14.5. The molecule has 1 aliphatic rings. The van der Waals surface area contributed by atoms with Crippen molar-refractivity contribution in [2.45, 2.75) is 12.6 Å². The molecule has 30 heavy (non-hydrogen) atoms. The number of rotatable bonds is 4. The van der Waals surface area contributed by atoms with Crippen molar-refractivity contribution in [3.63, 3.8) is 0 Å². The summed E-state index contributed by atoms with van der Waals surface area (Å²) >= 11 is 5.82. The Balaban J connectivity index is 1.81. The number of hydrogen-bond donors (Lipinski definition) is 1. The monoisotopic (exact) mass is 432 g/mol. The molecule has 1 unspecified atom stereocenters. The van der Waals surface area contributed by atoms with Crippen LogP contribution in [0.1, 0.15) is 16.9 Å². The SMILES string of the molecule is O=C(Nc1c(-c2cc(F)ccc2F)ccnc1N1CCC(F)C1)c1ccc(Cl)cn1. The number of pyridine rings is 2. The maximum absolute atomic E-state index is 14.5. The van der Waals surface area contributed by atoms with Crippen LogP contribution in [0.15, 0.2) is 48.8 Å². The largest absolute Gasteiger partial charge is 0.352 e. The summed E-state index contributed by atoms with van der Waals surface area (Å²) < 4.78 is 42.1. The van der Waals surface area contributed by atoms with Gasteiger partial charge in [-0.05, 0) is 42.8 Å². The van der Waals surface area contributed by atoms with Crippen molar-refractivity contribution in [2.24, 2.45) is 0 Å². The molecule has 0 saturated carbocycles. The zero-order chi connectivity index (χ0) is 21.3. The number of amides is 1. The van der Waals surface area contributed by atoms with Gasteiger partial charge in [0.25, 0.3) is 5.91 Å². The number of carbonyl (C=O) groups excluding carboxylic acids is 1. The Hall–Kier alpha value is -3.13. The first-order chi connectivity index (χ1) is 14.4. The minimum absolute atomic E-state index is 0.0472. The second-order valence-corrected chi connectivity index (χ2v) is 7.27. The third kappa shape index (κ3) is 4.09. The first-order valence-electron chi connectivity index (χ1n) is 9.18. The van der Waals surface area contributed by atoms with Crippen LogP contribution in [-0.2, 0) is 0 Å². The molecule has 0 bridgehead atoms. The average Bonchev–Trinajstić information content (AvgIpc) is 3.16. The van der Waals surface area contributed by atoms with E-state index in [0.29, 0.717) is 18.0 Å². The van der Waals surface area contributed by atoms with E-state index in [9.17, 15) is 18.0 Å². The first-order valence-corrected chi connectivity index (χ1v) is 9.56. The number of nitrogens with one attached hydrogen (secondary N) is 1. The lowest BCUT2D eigenvalue weighted by Gasteiger charge is -2.22. The maximum Gasteiger partial charge on any atom is 0.274 e. The summed E-state index contributed by atoms with van der Waals surface area (Å²) in [6, 6.07) is 7.45. The average molecular weight is 433 g/mol. The molecule has 9 heteroatoms. The van der Waals surface area contributed by atoms with E-state index in [1.165, 1.54) is 30.6 Å². The van der Waals surface area contributed by atoms with Gasteiger partial charge in [-0.1, -0.05) is 11.6 Å². The Labute approximate surface area is 175 Å². The Bertz CT molecular complexity index is 1090. The van der Waals surface area contributed by atoms with Crippen molar-refractivity contribution in [1.82, 2.24) is 9.97 Å². The highest BCUT2D eigenvalue weighted by Gasteiger charge is 2.27. The zero-order valence-electron chi connectivity index (χ0n) is 15.6. The zero-order valence-corrected chi connectivity index (χ0v) is 16.3. The molecule has 2 aromatic heterocycles. The molecule has 0 spiro atoms. The van der Waals surface area contributed by atoms with Gasteiger partial charge in [-0.15, -0.1) is 0 Å². The van der Waals surface area contributed by atoms with E-state index in [4.69, 9.17) is 11.6 Å². The van der Waals surface area contributed by atoms with Gasteiger partial charge in [-0.2, -0.15) is 0 Å². The van der Waals surface area contributed by atoms with Gasteiger partial charge >= 0.3 is 0 Å². The fourth-order valence-corrected chi connectivity index (χ4v) is 3.45. The number of carbonyl (C=O) groups is 1. The van der Waals surface area contributed by atoms with Crippen molar-refractivity contribution < 1.29 is 18.0 Å². The summed E-state index contributed by atoms with van der Waals surface area (Å²) in [5, 5.41) is 3.05. The molecular formula is C21H16ClF3N4O. The molecule has 154 valence electrons. The fraction of sp³-hybridized carbons (Fsp3) is 0.190. The quantitative estimate of drug-likeness (QED) is 0.638. The number of nitrogens with zero attached hydrogens (tertiary/aromatic N) is 3. The predicted molar refractivity (Wildman–Crippen MR) is 109 cm³/mol. The molecule has 0 aliphatic carbocycles. The number of alkyl halides is 1. The Kier molecular flexibility index (Phi) is 5.59. The van der Waals surface area contributed by atoms with Crippen molar-refractivity contribution >= 4 is 29.0 Å². The molecule has 1 fully saturated rings. The van der Waals surface area contributed by atoms with Crippen molar-refractivity contribution in [3.8, 4) is 11.1 Å². The van der Waals surface area contributed by atoms with Crippen molar-refractivity contribution in [1.29, 1.82) is 0 Å². The molecule has 3 heterocycles. The van der Waals surface area contributed by atoms with Crippen LogP contribution >= 0.6 is 11.6 Å². The van der Waals surface area contributed by atoms with Gasteiger partial charge in [0, 0.05) is 30.1 Å². The van der Waals surface area contributed by atoms with E-state index in [-0.39, 0.29) is 34.9 Å². The summed E-state index contributed by atoms with van der Waals surface area (Å²) in [6.45, 7) is 0.468. The topological polar surface area (TPSA) is 58.1 Å². The molecule has 1 atom stereocenters. The Morgan fingerprint density at radius 1 is 1.13 bits per heavy atom. The molecule has 1 aromatic carbocycles. The summed E-state index contributed by atoms with van der Waals surface area (Å²) in [5.41, 5.74) is 0.401. The van der Waals surface area contributed by atoms with Crippen LogP contribution in [0.25, 0.3) is 11.1 Å². The van der Waals surface area contributed by atoms with Gasteiger partial charge in [-0.25, -0.2) is 23.1 Å². The van der Waals surface area contributed by atoms with Crippen LogP contribution in [0.4, 0.5) is 24.7 Å². The second-order valence-electron chi connectivity index (χ2n) is 6.83. The first kappa shape index (κ1) is 20.2. The van der Waals surface area contributed by atoms with E-state index in [2.05, 4.69) is 15.3 Å². The van der Waals surface area contributed by atoms with Crippen LogP contribution < -0.4 is 10.2 Å². The van der Waals surface area contributed by atoms with E-state index >= 15 is 0 Å². The fourth-order valence-electron chi connectivity index (χ4n) is 3.34. The molecule has 1 aliphatic heterocycles. The van der Waals surface area contributed by atoms with Crippen LogP contribution in [0.2, 0.25) is 5.02 Å². The highest BCUT2D eigenvalue weighted by Crippen LogP contribution is 2.38. The van der Waals surface area contributed by atoms with Gasteiger partial charge < -0.3 is 10.2 Å². The number of hydrogen-bond acceptors (Lipinski definition) is 4. The molecule has 1 amide bonds. The van der Waals surface area contributed by atoms with E-state index in [1.54, 1.807) is 4.90 Å². The minimum Gasteiger partial charge on any atom is -0.352 e. The van der Waals surface area contributed by atoms with E-state index in [0.717, 1.165) is 18.2 Å². The number of halogens is 4. The molecular weight excluding hydrogens is 417 g/mol. The third-order valence-corrected chi connectivity index (χ3v) is 5.00. The third-order valence-electron chi connectivity index (χ3n) is 4.78. The molecule has 0 radical (unpaired) electrons. The highest BCUT2D eigenvalue weighted by molar-refractivity contribution is 6.30. The summed E-state index contributed by atoms with van der Waals surface area (Å²) in [4.78, 5) is 22.7. The lowest BCUT2D eigenvalue weighted by Crippen LogP contribution is -2.24. The molecule has 5 nitrogen and oxygen atoms in total. The lowest BCUT2D eigenvalue weighted by molar-refractivity contribution is 0.102. The van der Waals surface area contributed by atoms with E-state index in [1.807, 2.05) is 0 Å². The Morgan fingerprint density at radius 3 is 2.67 bits per heavy atom. The second kappa shape index (κ2) is 8.31. The van der Waals surface area contributed by atoms with Gasteiger partial charge in [0.05, 0.1) is 17.3 Å². The van der Waals surface area contributed by atoms with Gasteiger partial charge in [-0.3, -0.25) is 4.79 Å². The van der Waals surface area contributed by atoms with Gasteiger partial charge in [0.1, 0.15) is 23.5 Å².